The maximum absolute atomic E-state index is 13.4. The molecule has 0 aromatic heterocycles. The molecule has 6 heteroatoms. The van der Waals surface area contributed by atoms with Crippen molar-refractivity contribution >= 4 is 23.6 Å². The number of amides is 2. The molecule has 0 radical (unpaired) electrons. The highest BCUT2D eigenvalue weighted by Crippen LogP contribution is 2.38. The van der Waals surface area contributed by atoms with Crippen LogP contribution in [0.25, 0.3) is 0 Å². The normalized spacial score (nSPS) is 21.7. The Kier molecular flexibility index (Phi) is 4.66. The molecule has 1 unspecified atom stereocenters. The summed E-state index contributed by atoms with van der Waals surface area (Å²) in [7, 11) is 0. The Morgan fingerprint density at radius 2 is 2.09 bits per heavy atom. The van der Waals surface area contributed by atoms with E-state index in [0.29, 0.717) is 18.7 Å². The first-order chi connectivity index (χ1) is 10.6. The van der Waals surface area contributed by atoms with E-state index >= 15 is 0 Å². The number of rotatable bonds is 4. The third-order valence-corrected chi connectivity index (χ3v) is 5.38. The van der Waals surface area contributed by atoms with Crippen molar-refractivity contribution in [1.82, 2.24) is 9.80 Å². The molecule has 3 rings (SSSR count). The third-order valence-electron chi connectivity index (χ3n) is 4.13. The molecule has 4 nitrogen and oxygen atoms in total. The lowest BCUT2D eigenvalue weighted by molar-refractivity contribution is -0.132. The summed E-state index contributed by atoms with van der Waals surface area (Å²) in [5.74, 6) is 0.221. The van der Waals surface area contributed by atoms with Crippen molar-refractivity contribution in [2.75, 3.05) is 25.4 Å². The highest BCUT2D eigenvalue weighted by Gasteiger charge is 2.33. The zero-order valence-corrected chi connectivity index (χ0v) is 13.2. The molecule has 0 aliphatic carbocycles. The fourth-order valence-electron chi connectivity index (χ4n) is 2.97. The molecule has 2 amide bonds. The Bertz CT molecular complexity index is 575. The topological polar surface area (TPSA) is 40.6 Å². The van der Waals surface area contributed by atoms with Gasteiger partial charge in [-0.3, -0.25) is 9.59 Å². The second kappa shape index (κ2) is 6.69. The molecule has 2 aliphatic rings. The van der Waals surface area contributed by atoms with Crippen molar-refractivity contribution in [1.29, 1.82) is 0 Å². The van der Waals surface area contributed by atoms with Crippen LogP contribution in [0, 0.1) is 5.82 Å². The maximum atomic E-state index is 13.4. The van der Waals surface area contributed by atoms with Gasteiger partial charge in [0.1, 0.15) is 11.2 Å². The lowest BCUT2D eigenvalue weighted by atomic mass is 10.2. The summed E-state index contributed by atoms with van der Waals surface area (Å²) in [6, 6.07) is 6.34. The second-order valence-corrected chi connectivity index (χ2v) is 6.71. The summed E-state index contributed by atoms with van der Waals surface area (Å²) in [6.45, 7) is 2.06. The average Bonchev–Trinajstić information content (AvgIpc) is 3.15. The maximum Gasteiger partial charge on any atom is 0.233 e. The highest BCUT2D eigenvalue weighted by molar-refractivity contribution is 8.00. The number of benzene rings is 1. The van der Waals surface area contributed by atoms with Gasteiger partial charge in [0.2, 0.25) is 11.8 Å². The third kappa shape index (κ3) is 3.27. The van der Waals surface area contributed by atoms with E-state index in [2.05, 4.69) is 0 Å². The molecule has 0 spiro atoms. The van der Waals surface area contributed by atoms with E-state index in [0.717, 1.165) is 31.5 Å². The molecule has 0 bridgehead atoms. The molecule has 1 atom stereocenters. The molecular weight excluding hydrogens is 303 g/mol. The number of halogens is 1. The lowest BCUT2D eigenvalue weighted by Gasteiger charge is -2.25. The minimum absolute atomic E-state index is 0.0217. The first-order valence-electron chi connectivity index (χ1n) is 7.59. The van der Waals surface area contributed by atoms with Gasteiger partial charge in [0.05, 0.1) is 5.75 Å². The molecule has 118 valence electrons. The first kappa shape index (κ1) is 15.3. The second-order valence-electron chi connectivity index (χ2n) is 5.64. The van der Waals surface area contributed by atoms with Crippen molar-refractivity contribution in [2.45, 2.75) is 24.6 Å². The molecule has 0 saturated carbocycles. The molecule has 2 aliphatic heterocycles. The molecule has 2 saturated heterocycles. The molecule has 1 aromatic carbocycles. The molecule has 2 fully saturated rings. The average molecular weight is 322 g/mol. The Hall–Kier alpha value is -1.56. The van der Waals surface area contributed by atoms with Gasteiger partial charge in [-0.25, -0.2) is 4.39 Å². The van der Waals surface area contributed by atoms with E-state index in [-0.39, 0.29) is 23.0 Å². The van der Waals surface area contributed by atoms with E-state index in [1.165, 1.54) is 23.9 Å². The van der Waals surface area contributed by atoms with Crippen LogP contribution < -0.4 is 0 Å². The SMILES string of the molecule is O=C(CCN1C(=O)CSC1c1cccc(F)c1)N1CCCC1. The minimum atomic E-state index is -0.300. The van der Waals surface area contributed by atoms with Gasteiger partial charge in [0, 0.05) is 26.1 Å². The fourth-order valence-corrected chi connectivity index (χ4v) is 4.18. The number of carbonyl (C=O) groups is 2. The van der Waals surface area contributed by atoms with Gasteiger partial charge in [-0.1, -0.05) is 12.1 Å². The zero-order chi connectivity index (χ0) is 15.5. The molecule has 0 N–H and O–H groups in total. The van der Waals surface area contributed by atoms with Crippen molar-refractivity contribution in [3.05, 3.63) is 35.6 Å². The molecule has 1 aromatic rings. The summed E-state index contributed by atoms with van der Waals surface area (Å²) < 4.78 is 13.4. The Balaban J connectivity index is 1.65. The number of nitrogens with zero attached hydrogens (tertiary/aromatic N) is 2. The fraction of sp³-hybridized carbons (Fsp3) is 0.500. The Labute approximate surface area is 133 Å². The lowest BCUT2D eigenvalue weighted by Crippen LogP contribution is -2.34. The van der Waals surface area contributed by atoms with Crippen LogP contribution in [0.3, 0.4) is 0 Å². The standard InChI is InChI=1S/C16H19FN2O2S/c17-13-5-3-4-12(10-13)16-19(15(21)11-22-16)9-6-14(20)18-7-1-2-8-18/h3-5,10,16H,1-2,6-9,11H2. The summed E-state index contributed by atoms with van der Waals surface area (Å²) in [6.07, 6.45) is 2.48. The smallest absolute Gasteiger partial charge is 0.233 e. The predicted molar refractivity (Wildman–Crippen MR) is 83.7 cm³/mol. The Morgan fingerprint density at radius 1 is 1.32 bits per heavy atom. The van der Waals surface area contributed by atoms with Gasteiger partial charge in [0.15, 0.2) is 0 Å². The largest absolute Gasteiger partial charge is 0.343 e. The Morgan fingerprint density at radius 3 is 2.82 bits per heavy atom. The number of hydrogen-bond acceptors (Lipinski definition) is 3. The van der Waals surface area contributed by atoms with Gasteiger partial charge >= 0.3 is 0 Å². The van der Waals surface area contributed by atoms with Crippen LogP contribution in [0.15, 0.2) is 24.3 Å². The van der Waals surface area contributed by atoms with E-state index in [1.807, 2.05) is 11.0 Å². The molecule has 2 heterocycles. The summed E-state index contributed by atoms with van der Waals surface area (Å²) in [4.78, 5) is 27.8. The van der Waals surface area contributed by atoms with Crippen LogP contribution >= 0.6 is 11.8 Å². The number of likely N-dealkylation sites (tertiary alicyclic amines) is 1. The number of carbonyl (C=O) groups excluding carboxylic acids is 2. The number of hydrogen-bond donors (Lipinski definition) is 0. The molecular formula is C16H19FN2O2S. The molecule has 22 heavy (non-hydrogen) atoms. The van der Waals surface area contributed by atoms with Gasteiger partial charge in [-0.05, 0) is 30.5 Å². The predicted octanol–water partition coefficient (Wildman–Crippen LogP) is 2.41. The van der Waals surface area contributed by atoms with Crippen LogP contribution in [0.4, 0.5) is 4.39 Å². The summed E-state index contributed by atoms with van der Waals surface area (Å²) in [5, 5.41) is -0.186. The summed E-state index contributed by atoms with van der Waals surface area (Å²) in [5.41, 5.74) is 0.782. The van der Waals surface area contributed by atoms with E-state index < -0.39 is 0 Å². The van der Waals surface area contributed by atoms with E-state index in [1.54, 1.807) is 11.0 Å². The van der Waals surface area contributed by atoms with E-state index in [4.69, 9.17) is 0 Å². The summed E-state index contributed by atoms with van der Waals surface area (Å²) >= 11 is 1.49. The monoisotopic (exact) mass is 322 g/mol. The van der Waals surface area contributed by atoms with Crippen molar-refractivity contribution < 1.29 is 14.0 Å². The van der Waals surface area contributed by atoms with Crippen molar-refractivity contribution in [3.63, 3.8) is 0 Å². The van der Waals surface area contributed by atoms with Crippen LogP contribution in [0.5, 0.6) is 0 Å². The van der Waals surface area contributed by atoms with E-state index in [9.17, 15) is 14.0 Å². The van der Waals surface area contributed by atoms with Gasteiger partial charge in [-0.2, -0.15) is 0 Å². The van der Waals surface area contributed by atoms with Crippen LogP contribution in [0.1, 0.15) is 30.2 Å². The van der Waals surface area contributed by atoms with Crippen molar-refractivity contribution in [3.8, 4) is 0 Å². The van der Waals surface area contributed by atoms with Gasteiger partial charge < -0.3 is 9.80 Å². The van der Waals surface area contributed by atoms with Crippen LogP contribution in [0.2, 0.25) is 0 Å². The van der Waals surface area contributed by atoms with Crippen LogP contribution in [-0.4, -0.2) is 47.0 Å². The zero-order valence-electron chi connectivity index (χ0n) is 12.3. The van der Waals surface area contributed by atoms with Crippen molar-refractivity contribution in [2.24, 2.45) is 0 Å². The van der Waals surface area contributed by atoms with Gasteiger partial charge in [-0.15, -0.1) is 11.8 Å². The first-order valence-corrected chi connectivity index (χ1v) is 8.64. The number of thioether (sulfide) groups is 1. The highest BCUT2D eigenvalue weighted by atomic mass is 32.2. The minimum Gasteiger partial charge on any atom is -0.343 e. The van der Waals surface area contributed by atoms with Gasteiger partial charge in [0.25, 0.3) is 0 Å². The van der Waals surface area contributed by atoms with Crippen LogP contribution in [-0.2, 0) is 9.59 Å². The quantitative estimate of drug-likeness (QED) is 0.855.